The summed E-state index contributed by atoms with van der Waals surface area (Å²) in [7, 11) is 0. The number of amides is 1. The van der Waals surface area contributed by atoms with E-state index in [0.717, 1.165) is 55.9 Å². The van der Waals surface area contributed by atoms with E-state index in [9.17, 15) is 18.0 Å². The number of carbonyl (C=O) groups is 1. The molecule has 0 N–H and O–H groups in total. The predicted octanol–water partition coefficient (Wildman–Crippen LogP) is 11.1. The van der Waals surface area contributed by atoms with Crippen LogP contribution in [0.3, 0.4) is 0 Å². The molecule has 1 atom stereocenters. The van der Waals surface area contributed by atoms with Gasteiger partial charge in [-0.05, 0) is 97.9 Å². The van der Waals surface area contributed by atoms with Gasteiger partial charge in [0, 0.05) is 67.7 Å². The van der Waals surface area contributed by atoms with Crippen molar-refractivity contribution in [1.82, 2.24) is 14.8 Å². The minimum Gasteiger partial charge on any atom is -0.444 e. The first-order valence-electron chi connectivity index (χ1n) is 17.5. The third-order valence-electron chi connectivity index (χ3n) is 7.45. The standard InChI is InChI=1S/C28H45N3O2.C9H10F3N.C4H6/c1-11-14-16-21(4)25(13-3)26(23(6)29-17-15-12-2)24(7)30-18-19-31(22(5)20-30)27(32)33-28(8,9)10;1-2-3-7-4-8(6-13-5-7)9(10,11)12;1-3-4-2/h11,13-17,22H,12,18-20H2,1-10H3;4-6H,2-3H2,1H3;1H,4H2,2H3/b14-11-,17-15+,21-16+,25-13-,26-24-,29-23+;;. The Morgan fingerprint density at radius 3 is 2.24 bits per heavy atom. The molecule has 0 aliphatic carbocycles. The lowest BCUT2D eigenvalue weighted by molar-refractivity contribution is -0.137. The van der Waals surface area contributed by atoms with Gasteiger partial charge in [-0.3, -0.25) is 9.98 Å². The normalized spacial score (nSPS) is 16.7. The molecular formula is C41H61F3N4O2. The Bertz CT molecular complexity index is 1420. The van der Waals surface area contributed by atoms with Crippen LogP contribution >= 0.6 is 0 Å². The molecule has 1 unspecified atom stereocenters. The smallest absolute Gasteiger partial charge is 0.417 e. The fourth-order valence-electron chi connectivity index (χ4n) is 4.97. The fraction of sp³-hybridized carbons (Fsp3) is 0.537. The van der Waals surface area contributed by atoms with Gasteiger partial charge in [0.25, 0.3) is 0 Å². The Balaban J connectivity index is 0.00000116. The highest BCUT2D eigenvalue weighted by atomic mass is 19.4. The summed E-state index contributed by atoms with van der Waals surface area (Å²) >= 11 is 0. The summed E-state index contributed by atoms with van der Waals surface area (Å²) in [4.78, 5) is 25.2. The maximum Gasteiger partial charge on any atom is 0.417 e. The van der Waals surface area contributed by atoms with Crippen molar-refractivity contribution in [2.24, 2.45) is 4.99 Å². The average Bonchev–Trinajstić information content (AvgIpc) is 3.05. The highest BCUT2D eigenvalue weighted by Gasteiger charge is 2.32. The van der Waals surface area contributed by atoms with Gasteiger partial charge in [-0.25, -0.2) is 4.79 Å². The molecule has 0 aromatic carbocycles. The van der Waals surface area contributed by atoms with E-state index in [1.54, 1.807) is 0 Å². The van der Waals surface area contributed by atoms with Gasteiger partial charge >= 0.3 is 12.3 Å². The van der Waals surface area contributed by atoms with Gasteiger partial charge in [0.1, 0.15) is 5.60 Å². The van der Waals surface area contributed by atoms with Crippen molar-refractivity contribution in [1.29, 1.82) is 0 Å². The van der Waals surface area contributed by atoms with E-state index in [1.165, 1.54) is 23.0 Å². The topological polar surface area (TPSA) is 58.0 Å². The second-order valence-electron chi connectivity index (χ2n) is 12.9. The number of nitrogens with zero attached hydrogens (tertiary/aromatic N) is 4. The summed E-state index contributed by atoms with van der Waals surface area (Å²) in [6, 6.07) is 1.20. The van der Waals surface area contributed by atoms with Crippen molar-refractivity contribution in [3.63, 3.8) is 0 Å². The zero-order valence-electron chi connectivity index (χ0n) is 32.5. The molecule has 1 saturated heterocycles. The van der Waals surface area contributed by atoms with Crippen LogP contribution in [0.25, 0.3) is 0 Å². The molecule has 6 nitrogen and oxygen atoms in total. The van der Waals surface area contributed by atoms with E-state index in [0.29, 0.717) is 18.5 Å². The molecule has 1 aromatic rings. The van der Waals surface area contributed by atoms with Crippen LogP contribution in [-0.4, -0.2) is 57.9 Å². The second-order valence-corrected chi connectivity index (χ2v) is 12.9. The molecule has 50 heavy (non-hydrogen) atoms. The Morgan fingerprint density at radius 1 is 1.12 bits per heavy atom. The first-order chi connectivity index (χ1) is 23.4. The summed E-state index contributed by atoms with van der Waals surface area (Å²) in [6.45, 7) is 26.4. The van der Waals surface area contributed by atoms with Crippen molar-refractivity contribution in [3.05, 3.63) is 88.6 Å². The van der Waals surface area contributed by atoms with Crippen molar-refractivity contribution < 1.29 is 22.7 Å². The first-order valence-corrected chi connectivity index (χ1v) is 17.5. The van der Waals surface area contributed by atoms with E-state index in [4.69, 9.17) is 16.2 Å². The number of hydrogen-bond acceptors (Lipinski definition) is 5. The third kappa shape index (κ3) is 17.0. The quantitative estimate of drug-likeness (QED) is 0.146. The number of alkyl halides is 3. The largest absolute Gasteiger partial charge is 0.444 e. The zero-order valence-corrected chi connectivity index (χ0v) is 32.5. The van der Waals surface area contributed by atoms with E-state index in [2.05, 4.69) is 81.7 Å². The number of piperazine rings is 1. The number of rotatable bonds is 9. The monoisotopic (exact) mass is 698 g/mol. The molecule has 9 heteroatoms. The summed E-state index contributed by atoms with van der Waals surface area (Å²) < 4.78 is 42.1. The van der Waals surface area contributed by atoms with Crippen molar-refractivity contribution in [3.8, 4) is 12.3 Å². The van der Waals surface area contributed by atoms with E-state index >= 15 is 0 Å². The number of pyridine rings is 1. The number of aromatic nitrogens is 1. The van der Waals surface area contributed by atoms with Crippen LogP contribution in [0.15, 0.2) is 82.4 Å². The highest BCUT2D eigenvalue weighted by Crippen LogP contribution is 2.30. The lowest BCUT2D eigenvalue weighted by atomic mass is 9.92. The van der Waals surface area contributed by atoms with E-state index in [1.807, 2.05) is 58.7 Å². The predicted molar refractivity (Wildman–Crippen MR) is 204 cm³/mol. The van der Waals surface area contributed by atoms with Gasteiger partial charge in [-0.15, -0.1) is 12.3 Å². The number of halogens is 3. The molecule has 1 aliphatic rings. The number of aryl methyl sites for hydroxylation is 1. The number of ether oxygens (including phenoxy) is 1. The lowest BCUT2D eigenvalue weighted by Crippen LogP contribution is -2.54. The average molecular weight is 699 g/mol. The maximum atomic E-state index is 12.7. The second kappa shape index (κ2) is 23.4. The van der Waals surface area contributed by atoms with Gasteiger partial charge < -0.3 is 14.5 Å². The first kappa shape index (κ1) is 45.9. The van der Waals surface area contributed by atoms with Crippen LogP contribution in [0.1, 0.15) is 113 Å². The Labute approximate surface area is 301 Å². The SMILES string of the molecule is C#CCC.CCCc1cncc(C(F)(F)F)c1.C\C=C/C=C(C)/C(=C/C)C(/C(C)=N/C=C/CC)=C(/C)N1CCN(C(=O)OC(C)(C)C)C(C)C1. The van der Waals surface area contributed by atoms with Crippen LogP contribution in [0.2, 0.25) is 0 Å². The third-order valence-corrected chi connectivity index (χ3v) is 7.45. The summed E-state index contributed by atoms with van der Waals surface area (Å²) in [5.41, 5.74) is 5.16. The molecular weight excluding hydrogens is 637 g/mol. The molecule has 1 fully saturated rings. The molecule has 2 rings (SSSR count). The van der Waals surface area contributed by atoms with Gasteiger partial charge in [0.15, 0.2) is 0 Å². The molecule has 0 spiro atoms. The van der Waals surface area contributed by atoms with Gasteiger partial charge in [0.05, 0.1) is 5.56 Å². The number of hydrogen-bond donors (Lipinski definition) is 0. The fourth-order valence-corrected chi connectivity index (χ4v) is 4.97. The summed E-state index contributed by atoms with van der Waals surface area (Å²) in [5.74, 6) is 2.43. The number of terminal acetylenes is 1. The number of allylic oxidation sites excluding steroid dienone is 9. The van der Waals surface area contributed by atoms with Gasteiger partial charge in [-0.1, -0.05) is 57.6 Å². The van der Waals surface area contributed by atoms with Crippen molar-refractivity contribution in [2.45, 2.75) is 127 Å². The molecule has 1 aliphatic heterocycles. The number of aliphatic imine (C=N–C) groups is 1. The minimum absolute atomic E-state index is 0.0516. The Kier molecular flexibility index (Phi) is 21.5. The van der Waals surface area contributed by atoms with Crippen LogP contribution < -0.4 is 0 Å². The summed E-state index contributed by atoms with van der Waals surface area (Å²) in [5, 5.41) is 0. The van der Waals surface area contributed by atoms with E-state index in [-0.39, 0.29) is 12.1 Å². The van der Waals surface area contributed by atoms with Crippen LogP contribution in [0.5, 0.6) is 0 Å². The highest BCUT2D eigenvalue weighted by molar-refractivity contribution is 6.04. The molecule has 2 heterocycles. The van der Waals surface area contributed by atoms with Crippen LogP contribution in [0, 0.1) is 12.3 Å². The van der Waals surface area contributed by atoms with Crippen LogP contribution in [0.4, 0.5) is 18.0 Å². The van der Waals surface area contributed by atoms with Gasteiger partial charge in [-0.2, -0.15) is 13.2 Å². The molecule has 1 aromatic heterocycles. The van der Waals surface area contributed by atoms with E-state index < -0.39 is 17.3 Å². The van der Waals surface area contributed by atoms with Crippen molar-refractivity contribution in [2.75, 3.05) is 19.6 Å². The van der Waals surface area contributed by atoms with Crippen molar-refractivity contribution >= 4 is 11.8 Å². The molecule has 0 radical (unpaired) electrons. The minimum atomic E-state index is -4.28. The lowest BCUT2D eigenvalue weighted by Gasteiger charge is -2.42. The Morgan fingerprint density at radius 2 is 1.76 bits per heavy atom. The number of carbonyl (C=O) groups excluding carboxylic acids is 1. The zero-order chi connectivity index (χ0) is 38.5. The van der Waals surface area contributed by atoms with Crippen LogP contribution in [-0.2, 0) is 17.3 Å². The van der Waals surface area contributed by atoms with Gasteiger partial charge in [0.2, 0.25) is 0 Å². The molecule has 278 valence electrons. The summed E-state index contributed by atoms with van der Waals surface area (Å²) in [6.07, 6.45) is 18.2. The molecule has 1 amide bonds. The molecule has 0 bridgehead atoms. The maximum absolute atomic E-state index is 12.7. The molecule has 0 saturated carbocycles. The Hall–Kier alpha value is -4.06.